The Morgan fingerprint density at radius 3 is 2.00 bits per heavy atom. The van der Waals surface area contributed by atoms with Crippen molar-refractivity contribution in [1.29, 1.82) is 0 Å². The highest BCUT2D eigenvalue weighted by Crippen LogP contribution is 2.71. The molecular formula is C38H35N7. The lowest BCUT2D eigenvalue weighted by atomic mass is 9.50. The third-order valence-electron chi connectivity index (χ3n) is 11.0. The molecule has 0 amide bonds. The molecule has 0 fully saturated rings. The van der Waals surface area contributed by atoms with Gasteiger partial charge in [-0.05, 0) is 48.2 Å². The molecular weight excluding hydrogens is 554 g/mol. The van der Waals surface area contributed by atoms with Crippen LogP contribution in [0.5, 0.6) is 0 Å². The van der Waals surface area contributed by atoms with Gasteiger partial charge in [0, 0.05) is 29.4 Å². The normalized spacial score (nSPS) is 23.4. The molecule has 9 rings (SSSR count). The second-order valence-corrected chi connectivity index (χ2v) is 12.5. The summed E-state index contributed by atoms with van der Waals surface area (Å²) in [5.74, 6) is 1.94. The van der Waals surface area contributed by atoms with Crippen LogP contribution < -0.4 is 19.7 Å². The third kappa shape index (κ3) is 3.08. The van der Waals surface area contributed by atoms with Gasteiger partial charge < -0.3 is 14.7 Å². The Morgan fingerprint density at radius 2 is 1.29 bits per heavy atom. The lowest BCUT2D eigenvalue weighted by Crippen LogP contribution is -2.70. The van der Waals surface area contributed by atoms with Gasteiger partial charge in [-0.25, -0.2) is 15.0 Å². The van der Waals surface area contributed by atoms with Gasteiger partial charge >= 0.3 is 0 Å². The van der Waals surface area contributed by atoms with Gasteiger partial charge in [0.1, 0.15) is 24.3 Å². The Hall–Kier alpha value is -5.17. The molecule has 0 bridgehead atoms. The van der Waals surface area contributed by atoms with E-state index in [0.29, 0.717) is 0 Å². The van der Waals surface area contributed by atoms with Crippen LogP contribution in [0.25, 0.3) is 0 Å². The number of anilines is 5. The largest absolute Gasteiger partial charge is 0.349 e. The highest BCUT2D eigenvalue weighted by Gasteiger charge is 2.73. The van der Waals surface area contributed by atoms with Crippen LogP contribution in [0.1, 0.15) is 43.4 Å². The molecule has 4 aromatic carbocycles. The fourth-order valence-corrected chi connectivity index (χ4v) is 9.25. The Kier molecular flexibility index (Phi) is 5.49. The summed E-state index contributed by atoms with van der Waals surface area (Å²) >= 11 is 0. The molecule has 222 valence electrons. The molecule has 3 atom stereocenters. The highest BCUT2D eigenvalue weighted by molar-refractivity contribution is 6.13. The van der Waals surface area contributed by atoms with Crippen molar-refractivity contribution in [1.82, 2.24) is 9.97 Å². The summed E-state index contributed by atoms with van der Waals surface area (Å²) in [7, 11) is 2.22. The lowest BCUT2D eigenvalue weighted by molar-refractivity contribution is 0.0741. The van der Waals surface area contributed by atoms with Crippen LogP contribution >= 0.6 is 0 Å². The zero-order valence-electron chi connectivity index (χ0n) is 25.7. The standard InChI is InChI=1S/C38H35N7/c1-4-37(5-2)35-43(27-18-10-7-11-19-27)33(26-16-8-6-9-17-26)41-45(35)31-23-15-13-21-29(31)38(37)28-20-12-14-22-30(28)44-34-32(24-39-25-40-34)42(3)36(38)44/h6-25,35-36H,4-5H2,1-3H3. The number of nitrogens with zero attached hydrogens (tertiary/aromatic N) is 7. The first-order valence-electron chi connectivity index (χ1n) is 16.0. The van der Waals surface area contributed by atoms with Crippen molar-refractivity contribution in [3.05, 3.63) is 138 Å². The SMILES string of the molecule is CCC1(CC)C2N(N=C(c3ccccc3)N2c2ccccc2)c2ccccc2C12c1ccccc1N1c3ncncc3N(C)C12. The van der Waals surface area contributed by atoms with E-state index in [0.717, 1.165) is 47.1 Å². The molecule has 3 unspecified atom stereocenters. The van der Waals surface area contributed by atoms with Gasteiger partial charge in [-0.2, -0.15) is 5.10 Å². The maximum absolute atomic E-state index is 5.55. The molecule has 4 aliphatic heterocycles. The topological polar surface area (TPSA) is 51.1 Å². The van der Waals surface area contributed by atoms with E-state index in [1.54, 1.807) is 6.33 Å². The molecule has 5 heterocycles. The zero-order chi connectivity index (χ0) is 30.3. The number of benzene rings is 4. The molecule has 45 heavy (non-hydrogen) atoms. The Bertz CT molecular complexity index is 1950. The molecule has 0 saturated carbocycles. The fourth-order valence-electron chi connectivity index (χ4n) is 9.25. The van der Waals surface area contributed by atoms with Crippen LogP contribution in [0.3, 0.4) is 0 Å². The average Bonchev–Trinajstić information content (AvgIpc) is 3.75. The minimum Gasteiger partial charge on any atom is -0.349 e. The first-order chi connectivity index (χ1) is 22.2. The van der Waals surface area contributed by atoms with Crippen LogP contribution in [0.4, 0.5) is 28.6 Å². The predicted octanol–water partition coefficient (Wildman–Crippen LogP) is 7.52. The lowest BCUT2D eigenvalue weighted by Gasteiger charge is -2.61. The van der Waals surface area contributed by atoms with Gasteiger partial charge in [-0.15, -0.1) is 0 Å². The van der Waals surface area contributed by atoms with Gasteiger partial charge in [0.15, 0.2) is 11.7 Å². The molecule has 0 N–H and O–H groups in total. The first-order valence-corrected chi connectivity index (χ1v) is 16.0. The van der Waals surface area contributed by atoms with Crippen LogP contribution in [0.15, 0.2) is 127 Å². The number of hydrogen-bond acceptors (Lipinski definition) is 7. The molecule has 0 radical (unpaired) electrons. The summed E-state index contributed by atoms with van der Waals surface area (Å²) in [6.45, 7) is 4.77. The predicted molar refractivity (Wildman–Crippen MR) is 181 cm³/mol. The van der Waals surface area contributed by atoms with Crippen LogP contribution in [0.2, 0.25) is 0 Å². The smallest absolute Gasteiger partial charge is 0.162 e. The molecule has 5 aromatic rings. The van der Waals surface area contributed by atoms with Crippen molar-refractivity contribution >= 4 is 34.4 Å². The molecule has 7 nitrogen and oxygen atoms in total. The van der Waals surface area contributed by atoms with Gasteiger partial charge in [0.25, 0.3) is 0 Å². The summed E-state index contributed by atoms with van der Waals surface area (Å²) < 4.78 is 0. The van der Waals surface area contributed by atoms with Crippen molar-refractivity contribution in [2.75, 3.05) is 26.8 Å². The third-order valence-corrected chi connectivity index (χ3v) is 11.0. The molecule has 7 heteroatoms. The number of hydrazone groups is 1. The number of fused-ring (bicyclic) bond motifs is 11. The van der Waals surface area contributed by atoms with E-state index in [9.17, 15) is 0 Å². The molecule has 1 aromatic heterocycles. The van der Waals surface area contributed by atoms with Crippen LogP contribution in [0, 0.1) is 5.41 Å². The van der Waals surface area contributed by atoms with Gasteiger partial charge in [-0.3, -0.25) is 0 Å². The molecule has 4 aliphatic rings. The highest BCUT2D eigenvalue weighted by atomic mass is 15.6. The number of hydrogen-bond donors (Lipinski definition) is 0. The van der Waals surface area contributed by atoms with Crippen molar-refractivity contribution < 1.29 is 0 Å². The van der Waals surface area contributed by atoms with E-state index >= 15 is 0 Å². The van der Waals surface area contributed by atoms with E-state index in [1.165, 1.54) is 16.8 Å². The second-order valence-electron chi connectivity index (χ2n) is 12.5. The first kappa shape index (κ1) is 26.3. The average molecular weight is 590 g/mol. The minimum absolute atomic E-state index is 0.0387. The van der Waals surface area contributed by atoms with Crippen molar-refractivity contribution in [3.8, 4) is 0 Å². The van der Waals surface area contributed by atoms with Crippen LogP contribution in [-0.2, 0) is 5.41 Å². The summed E-state index contributed by atoms with van der Waals surface area (Å²) in [4.78, 5) is 16.8. The van der Waals surface area contributed by atoms with E-state index in [1.807, 2.05) is 6.20 Å². The van der Waals surface area contributed by atoms with E-state index in [-0.39, 0.29) is 17.7 Å². The van der Waals surface area contributed by atoms with Crippen molar-refractivity contribution in [2.45, 2.75) is 44.4 Å². The molecule has 1 spiro atoms. The number of para-hydroxylation sites is 3. The summed E-state index contributed by atoms with van der Waals surface area (Å²) in [5.41, 5.74) is 7.61. The van der Waals surface area contributed by atoms with E-state index in [2.05, 4.69) is 155 Å². The van der Waals surface area contributed by atoms with Gasteiger partial charge in [-0.1, -0.05) is 98.8 Å². The maximum atomic E-state index is 5.55. The number of amidine groups is 1. The zero-order valence-corrected chi connectivity index (χ0v) is 25.7. The maximum Gasteiger partial charge on any atom is 0.162 e. The molecule has 0 saturated heterocycles. The summed E-state index contributed by atoms with van der Waals surface area (Å²) in [6.07, 6.45) is 5.41. The van der Waals surface area contributed by atoms with Gasteiger partial charge in [0.2, 0.25) is 0 Å². The van der Waals surface area contributed by atoms with E-state index in [4.69, 9.17) is 10.1 Å². The second kappa shape index (κ2) is 9.41. The van der Waals surface area contributed by atoms with Crippen molar-refractivity contribution in [2.24, 2.45) is 10.5 Å². The Morgan fingerprint density at radius 1 is 0.667 bits per heavy atom. The Labute approximate surface area is 264 Å². The fraction of sp³-hybridized carbons (Fsp3) is 0.237. The van der Waals surface area contributed by atoms with Crippen LogP contribution in [-0.4, -0.2) is 35.2 Å². The Balaban J connectivity index is 1.40. The quantitative estimate of drug-likeness (QED) is 0.216. The number of rotatable bonds is 4. The summed E-state index contributed by atoms with van der Waals surface area (Å²) in [6, 6.07) is 39.5. The number of aromatic nitrogens is 2. The van der Waals surface area contributed by atoms with Crippen molar-refractivity contribution in [3.63, 3.8) is 0 Å². The summed E-state index contributed by atoms with van der Waals surface area (Å²) in [5, 5.41) is 7.89. The van der Waals surface area contributed by atoms with E-state index < -0.39 is 5.41 Å². The van der Waals surface area contributed by atoms with Gasteiger partial charge in [0.05, 0.1) is 17.3 Å². The number of likely N-dealkylation sites (N-methyl/N-ethyl adjacent to an activating group) is 1. The molecule has 0 aliphatic carbocycles. The monoisotopic (exact) mass is 589 g/mol. The minimum atomic E-state index is -0.436.